The number of hydrogen-bond donors (Lipinski definition) is 0. The highest BCUT2D eigenvalue weighted by atomic mass is 32.1. The predicted octanol–water partition coefficient (Wildman–Crippen LogP) is 8.85. The van der Waals surface area contributed by atoms with Crippen LogP contribution in [0.25, 0.3) is 49.5 Å². The zero-order valence-corrected chi connectivity index (χ0v) is 17.7. The summed E-state index contributed by atoms with van der Waals surface area (Å²) in [6, 6.07) is 34.9. The van der Waals surface area contributed by atoms with E-state index in [0.717, 1.165) is 0 Å². The summed E-state index contributed by atoms with van der Waals surface area (Å²) in [5.41, 5.74) is 8.77. The van der Waals surface area contributed by atoms with Gasteiger partial charge < -0.3 is 0 Å². The van der Waals surface area contributed by atoms with Crippen LogP contribution in [0.3, 0.4) is 0 Å². The molecule has 144 valence electrons. The van der Waals surface area contributed by atoms with Crippen LogP contribution in [0.5, 0.6) is 0 Å². The minimum atomic E-state index is 1.23. The molecule has 30 heavy (non-hydrogen) atoms. The van der Waals surface area contributed by atoms with Crippen LogP contribution in [0.2, 0.25) is 0 Å². The van der Waals surface area contributed by atoms with Crippen LogP contribution in [-0.2, 0) is 0 Å². The van der Waals surface area contributed by atoms with Crippen molar-refractivity contribution in [3.05, 3.63) is 114 Å². The number of aryl methyl sites for hydroxylation is 1. The fourth-order valence-corrected chi connectivity index (χ4v) is 5.02. The first-order valence-electron chi connectivity index (χ1n) is 10.1. The SMILES string of the molecule is C=Cc1sc2ccc(-c3cccc(-c4ccc(-c5ccccc5)cc4)c3)cc2c1C. The molecule has 5 aromatic rings. The number of thiophene rings is 1. The third kappa shape index (κ3) is 3.38. The molecule has 0 nitrogen and oxygen atoms in total. The average Bonchev–Trinajstić information content (AvgIpc) is 3.15. The lowest BCUT2D eigenvalue weighted by molar-refractivity contribution is 1.56. The van der Waals surface area contributed by atoms with Crippen LogP contribution >= 0.6 is 11.3 Å². The summed E-state index contributed by atoms with van der Waals surface area (Å²) >= 11 is 1.81. The van der Waals surface area contributed by atoms with E-state index in [4.69, 9.17) is 0 Å². The Bertz CT molecular complexity index is 1340. The van der Waals surface area contributed by atoms with Gasteiger partial charge >= 0.3 is 0 Å². The molecule has 1 aromatic heterocycles. The van der Waals surface area contributed by atoms with Crippen molar-refractivity contribution in [2.75, 3.05) is 0 Å². The molecule has 0 amide bonds. The van der Waals surface area contributed by atoms with E-state index in [1.54, 1.807) is 0 Å². The first-order chi connectivity index (χ1) is 14.7. The zero-order valence-electron chi connectivity index (χ0n) is 16.9. The Labute approximate surface area is 181 Å². The Morgan fingerprint density at radius 2 is 1.13 bits per heavy atom. The van der Waals surface area contributed by atoms with Gasteiger partial charge in [-0.05, 0) is 69.5 Å². The standard InChI is InChI=1S/C29H22S/c1-3-28-20(2)27-19-26(16-17-29(27)30-28)25-11-7-10-24(18-25)23-14-12-22(13-15-23)21-8-5-4-6-9-21/h3-19H,1H2,2H3. The molecule has 0 N–H and O–H groups in total. The van der Waals surface area contributed by atoms with Gasteiger partial charge in [0.2, 0.25) is 0 Å². The van der Waals surface area contributed by atoms with Gasteiger partial charge in [-0.15, -0.1) is 11.3 Å². The summed E-state index contributed by atoms with van der Waals surface area (Å²) in [5, 5.41) is 1.32. The molecule has 0 saturated heterocycles. The van der Waals surface area contributed by atoms with Gasteiger partial charge in [0.1, 0.15) is 0 Å². The topological polar surface area (TPSA) is 0 Å². The molecule has 0 bridgehead atoms. The van der Waals surface area contributed by atoms with E-state index in [-0.39, 0.29) is 0 Å². The minimum Gasteiger partial charge on any atom is -0.136 e. The summed E-state index contributed by atoms with van der Waals surface area (Å²) < 4.78 is 1.32. The Kier molecular flexibility index (Phi) is 4.82. The van der Waals surface area contributed by atoms with Crippen LogP contribution in [0, 0.1) is 6.92 Å². The van der Waals surface area contributed by atoms with Gasteiger partial charge in [0.25, 0.3) is 0 Å². The molecular formula is C29H22S. The molecule has 4 aromatic carbocycles. The Balaban J connectivity index is 1.51. The van der Waals surface area contributed by atoms with Crippen LogP contribution < -0.4 is 0 Å². The normalized spacial score (nSPS) is 11.0. The fourth-order valence-electron chi connectivity index (χ4n) is 3.98. The summed E-state index contributed by atoms with van der Waals surface area (Å²) in [7, 11) is 0. The first-order valence-corrected chi connectivity index (χ1v) is 11.0. The highest BCUT2D eigenvalue weighted by Crippen LogP contribution is 2.35. The molecule has 1 heterocycles. The van der Waals surface area contributed by atoms with Gasteiger partial charge in [-0.1, -0.05) is 91.5 Å². The Hall–Kier alpha value is -3.42. The summed E-state index contributed by atoms with van der Waals surface area (Å²) in [4.78, 5) is 1.26. The lowest BCUT2D eigenvalue weighted by atomic mass is 9.96. The van der Waals surface area contributed by atoms with E-state index in [1.807, 2.05) is 17.4 Å². The maximum absolute atomic E-state index is 3.95. The van der Waals surface area contributed by atoms with Gasteiger partial charge in [-0.2, -0.15) is 0 Å². The average molecular weight is 403 g/mol. The van der Waals surface area contributed by atoms with Crippen molar-refractivity contribution in [1.82, 2.24) is 0 Å². The molecule has 0 spiro atoms. The van der Waals surface area contributed by atoms with Crippen molar-refractivity contribution in [2.24, 2.45) is 0 Å². The lowest BCUT2D eigenvalue weighted by Crippen LogP contribution is -1.83. The summed E-state index contributed by atoms with van der Waals surface area (Å²) in [6.07, 6.45) is 1.96. The minimum absolute atomic E-state index is 1.23. The van der Waals surface area contributed by atoms with Gasteiger partial charge in [-0.25, -0.2) is 0 Å². The zero-order chi connectivity index (χ0) is 20.5. The quantitative estimate of drug-likeness (QED) is 0.281. The van der Waals surface area contributed by atoms with Crippen molar-refractivity contribution in [2.45, 2.75) is 6.92 Å². The van der Waals surface area contributed by atoms with Gasteiger partial charge in [0, 0.05) is 9.58 Å². The molecule has 0 unspecified atom stereocenters. The van der Waals surface area contributed by atoms with Gasteiger partial charge in [0.15, 0.2) is 0 Å². The number of fused-ring (bicyclic) bond motifs is 1. The van der Waals surface area contributed by atoms with E-state index in [2.05, 4.69) is 111 Å². The highest BCUT2D eigenvalue weighted by Gasteiger charge is 2.09. The smallest absolute Gasteiger partial charge is 0.0352 e. The van der Waals surface area contributed by atoms with Crippen LogP contribution in [0.1, 0.15) is 10.4 Å². The third-order valence-electron chi connectivity index (χ3n) is 5.68. The molecule has 1 heteroatoms. The predicted molar refractivity (Wildman–Crippen MR) is 133 cm³/mol. The highest BCUT2D eigenvalue weighted by molar-refractivity contribution is 7.20. The van der Waals surface area contributed by atoms with Crippen LogP contribution in [0.15, 0.2) is 104 Å². The first kappa shape index (κ1) is 18.6. The van der Waals surface area contributed by atoms with Crippen molar-refractivity contribution in [3.8, 4) is 33.4 Å². The molecule has 0 saturated carbocycles. The maximum Gasteiger partial charge on any atom is 0.0352 e. The van der Waals surface area contributed by atoms with Crippen molar-refractivity contribution < 1.29 is 0 Å². The molecule has 0 atom stereocenters. The van der Waals surface area contributed by atoms with E-state index < -0.39 is 0 Å². The van der Waals surface area contributed by atoms with Crippen LogP contribution in [0.4, 0.5) is 0 Å². The number of rotatable bonds is 4. The molecule has 0 radical (unpaired) electrons. The van der Waals surface area contributed by atoms with Crippen molar-refractivity contribution in [3.63, 3.8) is 0 Å². The second-order valence-electron chi connectivity index (χ2n) is 7.53. The number of benzene rings is 4. The van der Waals surface area contributed by atoms with Crippen molar-refractivity contribution >= 4 is 27.5 Å². The lowest BCUT2D eigenvalue weighted by Gasteiger charge is -2.08. The van der Waals surface area contributed by atoms with Gasteiger partial charge in [0.05, 0.1) is 0 Å². The van der Waals surface area contributed by atoms with E-state index in [9.17, 15) is 0 Å². The molecule has 5 rings (SSSR count). The third-order valence-corrected chi connectivity index (χ3v) is 6.95. The van der Waals surface area contributed by atoms with E-state index in [1.165, 1.54) is 53.9 Å². The van der Waals surface area contributed by atoms with E-state index >= 15 is 0 Å². The molecular weight excluding hydrogens is 380 g/mol. The van der Waals surface area contributed by atoms with Crippen LogP contribution in [-0.4, -0.2) is 0 Å². The second-order valence-corrected chi connectivity index (χ2v) is 8.61. The Morgan fingerprint density at radius 1 is 0.600 bits per heavy atom. The number of hydrogen-bond acceptors (Lipinski definition) is 1. The van der Waals surface area contributed by atoms with Crippen molar-refractivity contribution in [1.29, 1.82) is 0 Å². The monoisotopic (exact) mass is 402 g/mol. The maximum atomic E-state index is 3.95. The fraction of sp³-hybridized carbons (Fsp3) is 0.0345. The summed E-state index contributed by atoms with van der Waals surface area (Å²) in [6.45, 7) is 6.13. The molecule has 0 fully saturated rings. The molecule has 0 aliphatic carbocycles. The second kappa shape index (κ2) is 7.78. The molecule has 0 aliphatic rings. The summed E-state index contributed by atoms with van der Waals surface area (Å²) in [5.74, 6) is 0. The Morgan fingerprint density at radius 3 is 1.83 bits per heavy atom. The molecule has 0 aliphatic heterocycles. The largest absolute Gasteiger partial charge is 0.136 e. The van der Waals surface area contributed by atoms with E-state index in [0.29, 0.717) is 0 Å². The van der Waals surface area contributed by atoms with Gasteiger partial charge in [-0.3, -0.25) is 0 Å².